The molecule has 4 rings (SSSR count). The van der Waals surface area contributed by atoms with Gasteiger partial charge < -0.3 is 9.84 Å². The Bertz CT molecular complexity index is 725. The molecule has 1 aliphatic carbocycles. The number of benzene rings is 1. The SMILES string of the molecule is O[C@@H]1C[C@H]2CN(Cc3cccc(OC(F)F)c3)C[C@H]2C[C@H]1n1cccn1. The number of ether oxygens (including phenoxy) is 1. The van der Waals surface area contributed by atoms with E-state index in [0.717, 1.165) is 31.5 Å². The molecule has 0 radical (unpaired) electrons. The molecule has 0 amide bonds. The number of alkyl halides is 2. The Labute approximate surface area is 151 Å². The summed E-state index contributed by atoms with van der Waals surface area (Å²) in [5.74, 6) is 1.19. The first-order chi connectivity index (χ1) is 12.6. The van der Waals surface area contributed by atoms with E-state index in [1.54, 1.807) is 24.4 Å². The average Bonchev–Trinajstić information content (AvgIpc) is 3.22. The van der Waals surface area contributed by atoms with Gasteiger partial charge in [0, 0.05) is 32.0 Å². The van der Waals surface area contributed by atoms with E-state index in [1.165, 1.54) is 0 Å². The van der Waals surface area contributed by atoms with Crippen molar-refractivity contribution in [1.82, 2.24) is 14.7 Å². The van der Waals surface area contributed by atoms with Crippen molar-refractivity contribution < 1.29 is 18.6 Å². The fourth-order valence-electron chi connectivity index (χ4n) is 4.47. The maximum atomic E-state index is 12.4. The van der Waals surface area contributed by atoms with Crippen molar-refractivity contribution in [3.8, 4) is 5.75 Å². The highest BCUT2D eigenvalue weighted by Gasteiger charge is 2.42. The van der Waals surface area contributed by atoms with E-state index in [1.807, 2.05) is 23.0 Å². The van der Waals surface area contributed by atoms with E-state index in [-0.39, 0.29) is 17.9 Å². The van der Waals surface area contributed by atoms with Gasteiger partial charge in [0.15, 0.2) is 0 Å². The smallest absolute Gasteiger partial charge is 0.387 e. The lowest BCUT2D eigenvalue weighted by molar-refractivity contribution is -0.0499. The van der Waals surface area contributed by atoms with Gasteiger partial charge in [0.05, 0.1) is 12.1 Å². The van der Waals surface area contributed by atoms with Gasteiger partial charge in [-0.2, -0.15) is 13.9 Å². The normalized spacial score (nSPS) is 29.1. The first-order valence-corrected chi connectivity index (χ1v) is 9.02. The number of aliphatic hydroxyl groups excluding tert-OH is 1. The van der Waals surface area contributed by atoms with Crippen molar-refractivity contribution >= 4 is 0 Å². The van der Waals surface area contributed by atoms with Crippen molar-refractivity contribution in [2.24, 2.45) is 11.8 Å². The monoisotopic (exact) mass is 363 g/mol. The molecule has 2 aromatic rings. The van der Waals surface area contributed by atoms with Crippen molar-refractivity contribution in [3.63, 3.8) is 0 Å². The molecule has 1 aromatic heterocycles. The maximum absolute atomic E-state index is 12.4. The summed E-state index contributed by atoms with van der Waals surface area (Å²) in [6.45, 7) is -0.223. The molecule has 1 saturated carbocycles. The highest BCUT2D eigenvalue weighted by Crippen LogP contribution is 2.41. The Morgan fingerprint density at radius 2 is 2.00 bits per heavy atom. The second-order valence-corrected chi connectivity index (χ2v) is 7.33. The molecule has 1 aromatic carbocycles. The zero-order valence-electron chi connectivity index (χ0n) is 14.4. The number of hydrogen-bond donors (Lipinski definition) is 1. The first-order valence-electron chi connectivity index (χ1n) is 9.02. The van der Waals surface area contributed by atoms with Crippen LogP contribution in [-0.4, -0.2) is 45.6 Å². The number of aromatic nitrogens is 2. The van der Waals surface area contributed by atoms with Crippen LogP contribution in [0.1, 0.15) is 24.4 Å². The topological polar surface area (TPSA) is 50.5 Å². The molecule has 26 heavy (non-hydrogen) atoms. The van der Waals surface area contributed by atoms with Crippen LogP contribution in [0.15, 0.2) is 42.7 Å². The van der Waals surface area contributed by atoms with Crippen molar-refractivity contribution in [1.29, 1.82) is 0 Å². The number of fused-ring (bicyclic) bond motifs is 1. The van der Waals surface area contributed by atoms with Crippen LogP contribution in [0.25, 0.3) is 0 Å². The van der Waals surface area contributed by atoms with Gasteiger partial charge in [-0.15, -0.1) is 0 Å². The van der Waals surface area contributed by atoms with E-state index in [9.17, 15) is 13.9 Å². The summed E-state index contributed by atoms with van der Waals surface area (Å²) in [5.41, 5.74) is 0.964. The summed E-state index contributed by atoms with van der Waals surface area (Å²) >= 11 is 0. The Hall–Kier alpha value is -1.99. The molecular weight excluding hydrogens is 340 g/mol. The second kappa shape index (κ2) is 7.32. The fourth-order valence-corrected chi connectivity index (χ4v) is 4.47. The summed E-state index contributed by atoms with van der Waals surface area (Å²) in [7, 11) is 0. The molecule has 5 nitrogen and oxygen atoms in total. The van der Waals surface area contributed by atoms with E-state index < -0.39 is 6.61 Å². The second-order valence-electron chi connectivity index (χ2n) is 7.33. The zero-order valence-corrected chi connectivity index (χ0v) is 14.4. The quantitative estimate of drug-likeness (QED) is 0.888. The Morgan fingerprint density at radius 3 is 2.73 bits per heavy atom. The van der Waals surface area contributed by atoms with Crippen LogP contribution < -0.4 is 4.74 Å². The molecule has 1 saturated heterocycles. The highest BCUT2D eigenvalue weighted by molar-refractivity contribution is 5.28. The lowest BCUT2D eigenvalue weighted by Gasteiger charge is -2.35. The predicted octanol–water partition coefficient (Wildman–Crippen LogP) is 2.93. The molecule has 140 valence electrons. The minimum atomic E-state index is -2.80. The lowest BCUT2D eigenvalue weighted by atomic mass is 9.77. The summed E-state index contributed by atoms with van der Waals surface area (Å²) in [5, 5.41) is 14.8. The molecule has 1 N–H and O–H groups in total. The van der Waals surface area contributed by atoms with Gasteiger partial charge in [0.25, 0.3) is 0 Å². The third-order valence-electron chi connectivity index (χ3n) is 5.58. The number of hydrogen-bond acceptors (Lipinski definition) is 4. The van der Waals surface area contributed by atoms with Gasteiger partial charge in [-0.1, -0.05) is 12.1 Å². The third-order valence-corrected chi connectivity index (χ3v) is 5.58. The van der Waals surface area contributed by atoms with Crippen LogP contribution in [0.2, 0.25) is 0 Å². The fraction of sp³-hybridized carbons (Fsp3) is 0.526. The minimum absolute atomic E-state index is 0.0361. The van der Waals surface area contributed by atoms with E-state index in [0.29, 0.717) is 18.4 Å². The standard InChI is InChI=1S/C19H23F2N3O2/c20-19(21)26-16-4-1-3-13(7-16)10-23-11-14-8-17(24-6-2-5-22-24)18(25)9-15(14)12-23/h1-7,14-15,17-19,25H,8-12H2/t14-,15+,17-,18-/m1/s1. The van der Waals surface area contributed by atoms with Crippen LogP contribution in [0.3, 0.4) is 0 Å². The number of rotatable bonds is 5. The van der Waals surface area contributed by atoms with Crippen LogP contribution in [-0.2, 0) is 6.54 Å². The number of nitrogens with zero attached hydrogens (tertiary/aromatic N) is 3. The summed E-state index contributed by atoms with van der Waals surface area (Å²) < 4.78 is 31.1. The molecule has 0 unspecified atom stereocenters. The average molecular weight is 363 g/mol. The maximum Gasteiger partial charge on any atom is 0.387 e. The van der Waals surface area contributed by atoms with Crippen molar-refractivity contribution in [2.45, 2.75) is 38.1 Å². The number of halogens is 2. The molecule has 2 aliphatic rings. The molecule has 1 aliphatic heterocycles. The van der Waals surface area contributed by atoms with Crippen LogP contribution in [0.4, 0.5) is 8.78 Å². The van der Waals surface area contributed by atoms with Gasteiger partial charge in [-0.3, -0.25) is 9.58 Å². The summed E-state index contributed by atoms with van der Waals surface area (Å²) in [6.07, 6.45) is 4.97. The predicted molar refractivity (Wildman–Crippen MR) is 91.8 cm³/mol. The number of likely N-dealkylation sites (tertiary alicyclic amines) is 1. The van der Waals surface area contributed by atoms with Crippen molar-refractivity contribution in [3.05, 3.63) is 48.3 Å². The van der Waals surface area contributed by atoms with Crippen LogP contribution in [0, 0.1) is 11.8 Å². The van der Waals surface area contributed by atoms with Gasteiger partial charge in [-0.05, 0) is 48.4 Å². The molecule has 0 bridgehead atoms. The van der Waals surface area contributed by atoms with Crippen LogP contribution in [0.5, 0.6) is 5.75 Å². The Balaban J connectivity index is 1.39. The molecule has 7 heteroatoms. The lowest BCUT2D eigenvalue weighted by Crippen LogP contribution is -2.36. The molecule has 2 fully saturated rings. The van der Waals surface area contributed by atoms with Gasteiger partial charge in [0.1, 0.15) is 5.75 Å². The number of aliphatic hydroxyl groups is 1. The molecule has 4 atom stereocenters. The Morgan fingerprint density at radius 1 is 1.19 bits per heavy atom. The molecule has 2 heterocycles. The third kappa shape index (κ3) is 3.73. The first kappa shape index (κ1) is 17.4. The van der Waals surface area contributed by atoms with E-state index in [2.05, 4.69) is 14.7 Å². The van der Waals surface area contributed by atoms with Gasteiger partial charge in [-0.25, -0.2) is 0 Å². The largest absolute Gasteiger partial charge is 0.435 e. The highest BCUT2D eigenvalue weighted by atomic mass is 19.3. The summed E-state index contributed by atoms with van der Waals surface area (Å²) in [6, 6.07) is 8.82. The molecular formula is C19H23F2N3O2. The van der Waals surface area contributed by atoms with Gasteiger partial charge in [0.2, 0.25) is 0 Å². The Kier molecular flexibility index (Phi) is 4.91. The summed E-state index contributed by atoms with van der Waals surface area (Å²) in [4.78, 5) is 2.34. The van der Waals surface area contributed by atoms with E-state index >= 15 is 0 Å². The zero-order chi connectivity index (χ0) is 18.1. The van der Waals surface area contributed by atoms with E-state index in [4.69, 9.17) is 0 Å². The minimum Gasteiger partial charge on any atom is -0.435 e. The molecule has 0 spiro atoms. The van der Waals surface area contributed by atoms with Crippen LogP contribution >= 0.6 is 0 Å². The van der Waals surface area contributed by atoms with Crippen molar-refractivity contribution in [2.75, 3.05) is 13.1 Å². The van der Waals surface area contributed by atoms with Gasteiger partial charge >= 0.3 is 6.61 Å².